The minimum atomic E-state index is 0.572. The van der Waals surface area contributed by atoms with Crippen molar-refractivity contribution in [2.45, 2.75) is 52.0 Å². The van der Waals surface area contributed by atoms with Crippen molar-refractivity contribution < 1.29 is 0 Å². The second-order valence-electron chi connectivity index (χ2n) is 8.47. The van der Waals surface area contributed by atoms with E-state index in [1.54, 1.807) is 22.4 Å². The predicted molar refractivity (Wildman–Crippen MR) is 109 cm³/mol. The molecule has 1 heterocycles. The molecule has 0 saturated heterocycles. The summed E-state index contributed by atoms with van der Waals surface area (Å²) < 4.78 is 0. The van der Waals surface area contributed by atoms with Crippen LogP contribution in [-0.2, 0) is 6.42 Å². The first-order valence-electron chi connectivity index (χ1n) is 9.73. The molecule has 1 nitrogen and oxygen atoms in total. The lowest BCUT2D eigenvalue weighted by atomic mass is 9.84. The molecule has 1 aliphatic carbocycles. The minimum Gasteiger partial charge on any atom is -0.371 e. The van der Waals surface area contributed by atoms with Gasteiger partial charge in [0, 0.05) is 24.7 Å². The molecule has 0 radical (unpaired) electrons. The number of benzene rings is 3. The highest BCUT2D eigenvalue weighted by Gasteiger charge is 2.40. The molecular weight excluding hydrogens is 302 g/mol. The molecular formula is C24H27N. The molecule has 1 heteroatoms. The summed E-state index contributed by atoms with van der Waals surface area (Å²) in [6.45, 7) is 9.66. The third-order valence-electron chi connectivity index (χ3n) is 7.33. The van der Waals surface area contributed by atoms with Crippen LogP contribution in [-0.4, -0.2) is 13.1 Å². The zero-order valence-electron chi connectivity index (χ0n) is 15.9. The zero-order chi connectivity index (χ0) is 17.5. The van der Waals surface area contributed by atoms with Crippen molar-refractivity contribution in [3.8, 4) is 0 Å². The van der Waals surface area contributed by atoms with E-state index < -0.39 is 0 Å². The number of nitrogens with zero attached hydrogens (tertiary/aromatic N) is 1. The van der Waals surface area contributed by atoms with Crippen molar-refractivity contribution >= 4 is 27.2 Å². The number of likely N-dealkylation sites (N-methyl/N-ethyl adjacent to an activating group) is 1. The van der Waals surface area contributed by atoms with E-state index >= 15 is 0 Å². The van der Waals surface area contributed by atoms with Gasteiger partial charge in [-0.25, -0.2) is 0 Å². The van der Waals surface area contributed by atoms with Gasteiger partial charge in [-0.2, -0.15) is 0 Å². The molecule has 128 valence electrons. The average molecular weight is 329 g/mol. The van der Waals surface area contributed by atoms with Crippen LogP contribution >= 0.6 is 0 Å². The van der Waals surface area contributed by atoms with Crippen LogP contribution in [0.5, 0.6) is 0 Å². The highest BCUT2D eigenvalue weighted by molar-refractivity contribution is 6.13. The summed E-state index contributed by atoms with van der Waals surface area (Å²) >= 11 is 0. The molecule has 2 aliphatic rings. The van der Waals surface area contributed by atoms with Gasteiger partial charge >= 0.3 is 0 Å². The van der Waals surface area contributed by atoms with Crippen LogP contribution in [0.15, 0.2) is 36.4 Å². The second kappa shape index (κ2) is 5.00. The fourth-order valence-corrected chi connectivity index (χ4v) is 5.49. The van der Waals surface area contributed by atoms with Crippen LogP contribution in [0.2, 0.25) is 0 Å². The molecule has 3 aromatic rings. The van der Waals surface area contributed by atoms with Gasteiger partial charge in [0.15, 0.2) is 0 Å². The molecule has 25 heavy (non-hydrogen) atoms. The Hall–Kier alpha value is -2.02. The maximum Gasteiger partial charge on any atom is 0.0444 e. The Morgan fingerprint density at radius 3 is 2.40 bits per heavy atom. The van der Waals surface area contributed by atoms with Crippen molar-refractivity contribution in [2.24, 2.45) is 5.92 Å². The molecule has 0 spiro atoms. The minimum absolute atomic E-state index is 0.572. The number of hydrogen-bond acceptors (Lipinski definition) is 1. The van der Waals surface area contributed by atoms with E-state index in [9.17, 15) is 0 Å². The predicted octanol–water partition coefficient (Wildman–Crippen LogP) is 6.23. The number of fused-ring (bicyclic) bond motifs is 8. The Bertz CT molecular complexity index is 1020. The molecule has 0 aromatic heterocycles. The Morgan fingerprint density at radius 2 is 1.60 bits per heavy atom. The van der Waals surface area contributed by atoms with Gasteiger partial charge in [0.2, 0.25) is 0 Å². The molecule has 0 saturated carbocycles. The normalized spacial score (nSPS) is 28.0. The second-order valence-corrected chi connectivity index (χ2v) is 8.47. The van der Waals surface area contributed by atoms with E-state index in [2.05, 4.69) is 76.0 Å². The van der Waals surface area contributed by atoms with E-state index in [4.69, 9.17) is 0 Å². The Morgan fingerprint density at radius 1 is 0.840 bits per heavy atom. The molecule has 0 unspecified atom stereocenters. The largest absolute Gasteiger partial charge is 0.371 e. The van der Waals surface area contributed by atoms with Gasteiger partial charge in [0.1, 0.15) is 0 Å². The van der Waals surface area contributed by atoms with Gasteiger partial charge in [-0.15, -0.1) is 0 Å². The van der Waals surface area contributed by atoms with Crippen LogP contribution < -0.4 is 4.90 Å². The molecule has 0 N–H and O–H groups in total. The lowest BCUT2D eigenvalue weighted by Crippen LogP contribution is -2.26. The monoisotopic (exact) mass is 329 g/mol. The average Bonchev–Trinajstić information content (AvgIpc) is 3.04. The fraction of sp³-hybridized carbons (Fsp3) is 0.417. The summed E-state index contributed by atoms with van der Waals surface area (Å²) in [4.78, 5) is 2.55. The van der Waals surface area contributed by atoms with Gasteiger partial charge in [0.05, 0.1) is 0 Å². The summed E-state index contributed by atoms with van der Waals surface area (Å²) in [6, 6.07) is 14.2. The molecule has 0 amide bonds. The quantitative estimate of drug-likeness (QED) is 0.442. The van der Waals surface area contributed by atoms with Crippen LogP contribution in [0, 0.1) is 5.92 Å². The Kier molecular flexibility index (Phi) is 3.05. The fourth-order valence-electron chi connectivity index (χ4n) is 5.49. The van der Waals surface area contributed by atoms with E-state index in [1.807, 2.05) is 0 Å². The lowest BCUT2D eigenvalue weighted by molar-refractivity contribution is 0.533. The third-order valence-corrected chi connectivity index (χ3v) is 7.33. The van der Waals surface area contributed by atoms with Crippen molar-refractivity contribution in [1.29, 1.82) is 0 Å². The first-order chi connectivity index (χ1) is 12.0. The smallest absolute Gasteiger partial charge is 0.0444 e. The molecule has 1 aliphatic heterocycles. The standard InChI is InChI=1S/C24H27N/c1-13-12-20-21(14(13)2)23-18-9-7-6-8-17(18)10-11-19(23)22-15(3)16(4)25(5)24(20)22/h6-11,13-16H,12H2,1-5H3/t13-,14-,15+,16-/m0/s1. The maximum absolute atomic E-state index is 2.55. The van der Waals surface area contributed by atoms with E-state index in [0.29, 0.717) is 17.9 Å². The molecule has 0 bridgehead atoms. The van der Waals surface area contributed by atoms with Crippen LogP contribution in [0.25, 0.3) is 21.5 Å². The molecule has 3 aromatic carbocycles. The first kappa shape index (κ1) is 15.3. The van der Waals surface area contributed by atoms with Crippen LogP contribution in [0.4, 0.5) is 5.69 Å². The summed E-state index contributed by atoms with van der Waals surface area (Å²) in [5, 5.41) is 5.85. The van der Waals surface area contributed by atoms with Gasteiger partial charge in [-0.1, -0.05) is 57.2 Å². The summed E-state index contributed by atoms with van der Waals surface area (Å²) in [5.41, 5.74) is 6.41. The number of anilines is 1. The first-order valence-corrected chi connectivity index (χ1v) is 9.73. The van der Waals surface area contributed by atoms with Crippen molar-refractivity contribution in [3.63, 3.8) is 0 Å². The van der Waals surface area contributed by atoms with Crippen molar-refractivity contribution in [3.05, 3.63) is 53.1 Å². The van der Waals surface area contributed by atoms with E-state index in [-0.39, 0.29) is 0 Å². The van der Waals surface area contributed by atoms with E-state index in [0.717, 1.165) is 5.92 Å². The van der Waals surface area contributed by atoms with Gasteiger partial charge in [0.25, 0.3) is 0 Å². The highest BCUT2D eigenvalue weighted by atomic mass is 15.2. The van der Waals surface area contributed by atoms with Crippen molar-refractivity contribution in [2.75, 3.05) is 11.9 Å². The summed E-state index contributed by atoms with van der Waals surface area (Å²) in [5.74, 6) is 1.94. The Labute approximate surface area is 150 Å². The van der Waals surface area contributed by atoms with Crippen LogP contribution in [0.3, 0.4) is 0 Å². The van der Waals surface area contributed by atoms with Gasteiger partial charge < -0.3 is 4.90 Å². The topological polar surface area (TPSA) is 3.24 Å². The van der Waals surface area contributed by atoms with Gasteiger partial charge in [-0.05, 0) is 63.4 Å². The van der Waals surface area contributed by atoms with Crippen LogP contribution in [0.1, 0.15) is 56.2 Å². The number of hydrogen-bond donors (Lipinski definition) is 0. The molecule has 5 rings (SSSR count). The zero-order valence-corrected chi connectivity index (χ0v) is 15.9. The van der Waals surface area contributed by atoms with Gasteiger partial charge in [-0.3, -0.25) is 0 Å². The maximum atomic E-state index is 2.55. The molecule has 4 atom stereocenters. The summed E-state index contributed by atoms with van der Waals surface area (Å²) in [7, 11) is 2.30. The lowest BCUT2D eigenvalue weighted by Gasteiger charge is -2.23. The highest BCUT2D eigenvalue weighted by Crippen LogP contribution is 2.54. The Balaban J connectivity index is 2.03. The van der Waals surface area contributed by atoms with E-state index in [1.165, 1.54) is 28.0 Å². The third kappa shape index (κ3) is 1.79. The summed E-state index contributed by atoms with van der Waals surface area (Å²) in [6.07, 6.45) is 1.22. The van der Waals surface area contributed by atoms with Crippen molar-refractivity contribution in [1.82, 2.24) is 0 Å². The molecule has 0 fully saturated rings. The number of rotatable bonds is 0. The SMILES string of the molecule is C[C@@H]1c2c(c3c(c4ccc5ccccc5c24)[C@H](C)[C@H](C)N3C)C[C@@H]1C.